The van der Waals surface area contributed by atoms with E-state index in [-0.39, 0.29) is 29.6 Å². The molecule has 2 atom stereocenters. The second-order valence-electron chi connectivity index (χ2n) is 5.82. The van der Waals surface area contributed by atoms with E-state index in [1.54, 1.807) is 0 Å². The van der Waals surface area contributed by atoms with Crippen molar-refractivity contribution in [3.8, 4) is 0 Å². The van der Waals surface area contributed by atoms with Gasteiger partial charge in [0.2, 0.25) is 5.91 Å². The summed E-state index contributed by atoms with van der Waals surface area (Å²) in [5.41, 5.74) is 3.06. The molecule has 0 bridgehead atoms. The van der Waals surface area contributed by atoms with Gasteiger partial charge in [0.25, 0.3) is 0 Å². The number of rotatable bonds is 4. The molecule has 0 aromatic heterocycles. The van der Waals surface area contributed by atoms with Crippen molar-refractivity contribution < 1.29 is 4.79 Å². The number of hydrogen-bond donors (Lipinski definition) is 2. The van der Waals surface area contributed by atoms with Crippen molar-refractivity contribution in [3.05, 3.63) is 35.4 Å². The van der Waals surface area contributed by atoms with Gasteiger partial charge in [0, 0.05) is 24.4 Å². The molecule has 3 rings (SSSR count). The maximum absolute atomic E-state index is 12.2. The summed E-state index contributed by atoms with van der Waals surface area (Å²) in [5.74, 6) is 0.442. The number of benzene rings is 1. The van der Waals surface area contributed by atoms with Crippen molar-refractivity contribution >= 4 is 18.3 Å². The molecule has 4 heteroatoms. The average molecular weight is 295 g/mol. The molecule has 20 heavy (non-hydrogen) atoms. The van der Waals surface area contributed by atoms with E-state index >= 15 is 0 Å². The molecular weight excluding hydrogens is 272 g/mol. The van der Waals surface area contributed by atoms with E-state index in [1.807, 2.05) is 7.05 Å². The predicted molar refractivity (Wildman–Crippen MR) is 83.3 cm³/mol. The van der Waals surface area contributed by atoms with Crippen LogP contribution < -0.4 is 10.6 Å². The Morgan fingerprint density at radius 2 is 2.15 bits per heavy atom. The van der Waals surface area contributed by atoms with Crippen LogP contribution >= 0.6 is 12.4 Å². The quantitative estimate of drug-likeness (QED) is 0.835. The SMILES string of the molecule is CNCCNC(=O)C1CC12CCCc1ccccc12.Cl. The third-order valence-corrected chi connectivity index (χ3v) is 4.69. The number of fused-ring (bicyclic) bond motifs is 2. The molecule has 2 unspecified atom stereocenters. The molecular formula is C16H23ClN2O. The molecule has 0 radical (unpaired) electrons. The molecule has 1 aromatic rings. The zero-order chi connectivity index (χ0) is 13.3. The van der Waals surface area contributed by atoms with Crippen LogP contribution in [0.2, 0.25) is 0 Å². The van der Waals surface area contributed by atoms with Gasteiger partial charge in [0.15, 0.2) is 0 Å². The monoisotopic (exact) mass is 294 g/mol. The Bertz CT molecular complexity index is 491. The van der Waals surface area contributed by atoms with Gasteiger partial charge in [-0.25, -0.2) is 0 Å². The van der Waals surface area contributed by atoms with Gasteiger partial charge < -0.3 is 10.6 Å². The number of halogens is 1. The van der Waals surface area contributed by atoms with E-state index in [0.29, 0.717) is 0 Å². The highest BCUT2D eigenvalue weighted by molar-refractivity contribution is 5.85. The Labute approximate surface area is 126 Å². The van der Waals surface area contributed by atoms with E-state index in [2.05, 4.69) is 34.9 Å². The Hall–Kier alpha value is -1.06. The fraction of sp³-hybridized carbons (Fsp3) is 0.562. The van der Waals surface area contributed by atoms with E-state index in [9.17, 15) is 4.79 Å². The summed E-state index contributed by atoms with van der Waals surface area (Å²) in [5, 5.41) is 6.10. The summed E-state index contributed by atoms with van der Waals surface area (Å²) in [6.07, 6.45) is 4.60. The molecule has 110 valence electrons. The van der Waals surface area contributed by atoms with Crippen molar-refractivity contribution in [2.75, 3.05) is 20.1 Å². The third kappa shape index (κ3) is 2.57. The summed E-state index contributed by atoms with van der Waals surface area (Å²) in [6.45, 7) is 1.56. The molecule has 2 aliphatic carbocycles. The number of nitrogens with one attached hydrogen (secondary N) is 2. The first-order valence-electron chi connectivity index (χ1n) is 7.28. The molecule has 0 aliphatic heterocycles. The molecule has 1 amide bonds. The van der Waals surface area contributed by atoms with Crippen LogP contribution in [-0.4, -0.2) is 26.0 Å². The van der Waals surface area contributed by atoms with Crippen molar-refractivity contribution in [3.63, 3.8) is 0 Å². The zero-order valence-corrected chi connectivity index (χ0v) is 12.8. The minimum Gasteiger partial charge on any atom is -0.355 e. The summed E-state index contributed by atoms with van der Waals surface area (Å²) in [6, 6.07) is 8.68. The normalized spacial score (nSPS) is 26.6. The fourth-order valence-corrected chi connectivity index (χ4v) is 3.61. The smallest absolute Gasteiger partial charge is 0.224 e. The van der Waals surface area contributed by atoms with Gasteiger partial charge in [0.1, 0.15) is 0 Å². The lowest BCUT2D eigenvalue weighted by Gasteiger charge is -2.26. The maximum atomic E-state index is 12.2. The summed E-state index contributed by atoms with van der Waals surface area (Å²) in [4.78, 5) is 12.2. The lowest BCUT2D eigenvalue weighted by Crippen LogP contribution is -2.34. The first-order chi connectivity index (χ1) is 9.28. The highest BCUT2D eigenvalue weighted by Gasteiger charge is 2.59. The maximum Gasteiger partial charge on any atom is 0.224 e. The van der Waals surface area contributed by atoms with Gasteiger partial charge in [-0.05, 0) is 43.9 Å². The number of carbonyl (C=O) groups excluding carboxylic acids is 1. The third-order valence-electron chi connectivity index (χ3n) is 4.69. The molecule has 1 aromatic carbocycles. The minimum atomic E-state index is 0. The Morgan fingerprint density at radius 3 is 2.95 bits per heavy atom. The van der Waals surface area contributed by atoms with Crippen LogP contribution in [0.15, 0.2) is 24.3 Å². The van der Waals surface area contributed by atoms with Crippen molar-refractivity contribution in [2.24, 2.45) is 5.92 Å². The van der Waals surface area contributed by atoms with Crippen LogP contribution in [-0.2, 0) is 16.6 Å². The Balaban J connectivity index is 0.00000147. The molecule has 1 spiro atoms. The van der Waals surface area contributed by atoms with E-state index in [4.69, 9.17) is 0 Å². The number of carbonyl (C=O) groups is 1. The first kappa shape index (κ1) is 15.3. The van der Waals surface area contributed by atoms with Gasteiger partial charge in [-0.1, -0.05) is 24.3 Å². The van der Waals surface area contributed by atoms with Gasteiger partial charge >= 0.3 is 0 Å². The van der Waals surface area contributed by atoms with Gasteiger partial charge in [-0.15, -0.1) is 12.4 Å². The van der Waals surface area contributed by atoms with E-state index < -0.39 is 0 Å². The standard InChI is InChI=1S/C16H22N2O.ClH/c1-17-9-10-18-15(19)14-11-16(14)8-4-6-12-5-2-3-7-13(12)16;/h2-3,5,7,14,17H,4,6,8-11H2,1H3,(H,18,19);1H. The van der Waals surface area contributed by atoms with Gasteiger partial charge in [0.05, 0.1) is 0 Å². The Kier molecular flexibility index (Phi) is 4.71. The van der Waals surface area contributed by atoms with Crippen molar-refractivity contribution in [1.82, 2.24) is 10.6 Å². The van der Waals surface area contributed by atoms with Crippen LogP contribution in [0.4, 0.5) is 0 Å². The van der Waals surface area contributed by atoms with Crippen molar-refractivity contribution in [1.29, 1.82) is 0 Å². The molecule has 2 aliphatic rings. The number of aryl methyl sites for hydroxylation is 1. The Morgan fingerprint density at radius 1 is 1.35 bits per heavy atom. The largest absolute Gasteiger partial charge is 0.355 e. The zero-order valence-electron chi connectivity index (χ0n) is 11.9. The molecule has 2 N–H and O–H groups in total. The van der Waals surface area contributed by atoms with Gasteiger partial charge in [-0.2, -0.15) is 0 Å². The highest BCUT2D eigenvalue weighted by Crippen LogP contribution is 2.60. The van der Waals surface area contributed by atoms with Gasteiger partial charge in [-0.3, -0.25) is 4.79 Å². The lowest BCUT2D eigenvalue weighted by molar-refractivity contribution is -0.122. The van der Waals surface area contributed by atoms with Crippen molar-refractivity contribution in [2.45, 2.75) is 31.1 Å². The highest BCUT2D eigenvalue weighted by atomic mass is 35.5. The summed E-state index contributed by atoms with van der Waals surface area (Å²) < 4.78 is 0. The predicted octanol–water partition coefficient (Wildman–Crippen LogP) is 2.04. The second-order valence-corrected chi connectivity index (χ2v) is 5.82. The van der Waals surface area contributed by atoms with E-state index in [0.717, 1.165) is 19.5 Å². The fourth-order valence-electron chi connectivity index (χ4n) is 3.61. The van der Waals surface area contributed by atoms with E-state index in [1.165, 1.54) is 30.4 Å². The number of hydrogen-bond acceptors (Lipinski definition) is 2. The van der Waals surface area contributed by atoms with Crippen LogP contribution in [0.25, 0.3) is 0 Å². The topological polar surface area (TPSA) is 41.1 Å². The lowest BCUT2D eigenvalue weighted by atomic mass is 9.78. The number of likely N-dealkylation sites (N-methyl/N-ethyl adjacent to an activating group) is 1. The summed E-state index contributed by atoms with van der Waals surface area (Å²) >= 11 is 0. The molecule has 1 fully saturated rings. The van der Waals surface area contributed by atoms with Crippen LogP contribution in [0.5, 0.6) is 0 Å². The van der Waals surface area contributed by atoms with Crippen LogP contribution in [0, 0.1) is 5.92 Å². The first-order valence-corrected chi connectivity index (χ1v) is 7.28. The molecule has 1 saturated carbocycles. The van der Waals surface area contributed by atoms with Crippen LogP contribution in [0.3, 0.4) is 0 Å². The second kappa shape index (κ2) is 6.15. The minimum absolute atomic E-state index is 0. The molecule has 0 saturated heterocycles. The molecule has 0 heterocycles. The molecule has 3 nitrogen and oxygen atoms in total. The average Bonchev–Trinajstić information content (AvgIpc) is 3.15. The number of amides is 1. The summed E-state index contributed by atoms with van der Waals surface area (Å²) in [7, 11) is 1.90. The van der Waals surface area contributed by atoms with Crippen LogP contribution in [0.1, 0.15) is 30.4 Å².